The van der Waals surface area contributed by atoms with Gasteiger partial charge in [-0.15, -0.1) is 0 Å². The van der Waals surface area contributed by atoms with Crippen LogP contribution in [0.4, 0.5) is 0 Å². The second-order valence-electron chi connectivity index (χ2n) is 7.25. The SMILES string of the molecule is CN1C2CC(OC(=O)c3cccn3C)CC1C(OC(=O)c1ccc[nH]1)C2O. The molecular formula is C19H23N3O5. The minimum absolute atomic E-state index is 0.205. The molecule has 0 aromatic carbocycles. The van der Waals surface area contributed by atoms with Gasteiger partial charge in [0, 0.05) is 38.3 Å². The Bertz CT molecular complexity index is 830. The van der Waals surface area contributed by atoms with Crippen molar-refractivity contribution in [3.8, 4) is 0 Å². The lowest BCUT2D eigenvalue weighted by atomic mass is 10.00. The third-order valence-corrected chi connectivity index (χ3v) is 5.65. The molecule has 2 saturated heterocycles. The Labute approximate surface area is 156 Å². The highest BCUT2D eigenvalue weighted by atomic mass is 16.6. The number of nitrogens with zero attached hydrogens (tertiary/aromatic N) is 2. The van der Waals surface area contributed by atoms with Crippen LogP contribution in [0.25, 0.3) is 0 Å². The first-order valence-electron chi connectivity index (χ1n) is 9.02. The number of ether oxygens (including phenoxy) is 2. The maximum absolute atomic E-state index is 12.4. The Hall–Kier alpha value is -2.58. The number of aliphatic hydroxyl groups is 1. The number of aromatic amines is 1. The van der Waals surface area contributed by atoms with Crippen LogP contribution in [0.15, 0.2) is 36.7 Å². The van der Waals surface area contributed by atoms with E-state index in [4.69, 9.17) is 9.47 Å². The minimum Gasteiger partial charge on any atom is -0.458 e. The van der Waals surface area contributed by atoms with E-state index in [2.05, 4.69) is 4.98 Å². The van der Waals surface area contributed by atoms with Crippen LogP contribution in [-0.2, 0) is 16.5 Å². The van der Waals surface area contributed by atoms with Crippen LogP contribution < -0.4 is 0 Å². The zero-order valence-electron chi connectivity index (χ0n) is 15.2. The Balaban J connectivity index is 1.45. The average molecular weight is 373 g/mol. The number of fused-ring (bicyclic) bond motifs is 2. The molecule has 144 valence electrons. The zero-order chi connectivity index (χ0) is 19.1. The number of esters is 2. The molecule has 5 atom stereocenters. The molecule has 2 aliphatic heterocycles. The van der Waals surface area contributed by atoms with E-state index in [0.29, 0.717) is 24.2 Å². The number of H-pyrrole nitrogens is 1. The summed E-state index contributed by atoms with van der Waals surface area (Å²) in [7, 11) is 3.69. The van der Waals surface area contributed by atoms with Crippen molar-refractivity contribution in [2.24, 2.45) is 7.05 Å². The molecule has 8 heteroatoms. The van der Waals surface area contributed by atoms with Gasteiger partial charge >= 0.3 is 11.9 Å². The van der Waals surface area contributed by atoms with Crippen molar-refractivity contribution in [3.63, 3.8) is 0 Å². The van der Waals surface area contributed by atoms with Crippen molar-refractivity contribution in [1.29, 1.82) is 0 Å². The van der Waals surface area contributed by atoms with Crippen molar-refractivity contribution < 1.29 is 24.2 Å². The molecule has 2 aliphatic rings. The molecule has 0 radical (unpaired) electrons. The summed E-state index contributed by atoms with van der Waals surface area (Å²) < 4.78 is 13.0. The fourth-order valence-electron chi connectivity index (χ4n) is 4.18. The summed E-state index contributed by atoms with van der Waals surface area (Å²) in [6.07, 6.45) is 2.62. The van der Waals surface area contributed by atoms with E-state index in [1.54, 1.807) is 48.3 Å². The Morgan fingerprint density at radius 1 is 1.11 bits per heavy atom. The van der Waals surface area contributed by atoms with Gasteiger partial charge in [-0.05, 0) is 31.3 Å². The molecule has 2 aromatic heterocycles. The number of aliphatic hydroxyl groups excluding tert-OH is 1. The van der Waals surface area contributed by atoms with Crippen molar-refractivity contribution in [3.05, 3.63) is 48.0 Å². The number of hydrogen-bond acceptors (Lipinski definition) is 6. The summed E-state index contributed by atoms with van der Waals surface area (Å²) in [5.41, 5.74) is 0.828. The van der Waals surface area contributed by atoms with Crippen LogP contribution in [0.2, 0.25) is 0 Å². The predicted octanol–water partition coefficient (Wildman–Crippen LogP) is 0.941. The molecule has 0 saturated carbocycles. The summed E-state index contributed by atoms with van der Waals surface area (Å²) >= 11 is 0. The van der Waals surface area contributed by atoms with E-state index in [-0.39, 0.29) is 24.2 Å². The van der Waals surface area contributed by atoms with E-state index in [9.17, 15) is 14.7 Å². The van der Waals surface area contributed by atoms with E-state index in [1.165, 1.54) is 0 Å². The molecule has 0 spiro atoms. The zero-order valence-corrected chi connectivity index (χ0v) is 15.2. The van der Waals surface area contributed by atoms with Crippen molar-refractivity contribution >= 4 is 11.9 Å². The van der Waals surface area contributed by atoms with Gasteiger partial charge in [-0.1, -0.05) is 0 Å². The van der Waals surface area contributed by atoms with Crippen LogP contribution in [-0.4, -0.2) is 68.9 Å². The van der Waals surface area contributed by atoms with Crippen LogP contribution in [0, 0.1) is 0 Å². The number of aryl methyl sites for hydroxylation is 1. The van der Waals surface area contributed by atoms with E-state index in [1.807, 2.05) is 11.9 Å². The van der Waals surface area contributed by atoms with Gasteiger partial charge in [0.15, 0.2) is 0 Å². The molecule has 2 fully saturated rings. The van der Waals surface area contributed by atoms with Crippen LogP contribution in [0.3, 0.4) is 0 Å². The number of nitrogens with one attached hydrogen (secondary N) is 1. The Kier molecular flexibility index (Phi) is 4.53. The molecule has 0 amide bonds. The lowest BCUT2D eigenvalue weighted by molar-refractivity contribution is -0.0179. The monoisotopic (exact) mass is 373 g/mol. The molecular weight excluding hydrogens is 350 g/mol. The Morgan fingerprint density at radius 2 is 1.89 bits per heavy atom. The number of hydrogen-bond donors (Lipinski definition) is 2. The second-order valence-corrected chi connectivity index (χ2v) is 7.25. The highest BCUT2D eigenvalue weighted by Crippen LogP contribution is 2.38. The van der Waals surface area contributed by atoms with Gasteiger partial charge in [-0.2, -0.15) is 0 Å². The lowest BCUT2D eigenvalue weighted by Gasteiger charge is -2.36. The average Bonchev–Trinajstić information content (AvgIpc) is 3.34. The summed E-state index contributed by atoms with van der Waals surface area (Å²) in [6, 6.07) is 6.41. The standard InChI is InChI=1S/C19H23N3O5/c1-21-8-4-6-13(21)19(25)26-11-9-14-16(23)17(15(10-11)22(14)2)27-18(24)12-5-3-7-20-12/h3-8,11,14-17,20,23H,9-10H2,1-2H3. The number of aromatic nitrogens is 2. The summed E-state index contributed by atoms with van der Waals surface area (Å²) in [5, 5.41) is 10.7. The molecule has 0 aliphatic carbocycles. The third-order valence-electron chi connectivity index (χ3n) is 5.65. The van der Waals surface area contributed by atoms with Gasteiger partial charge in [0.2, 0.25) is 0 Å². The molecule has 2 aromatic rings. The van der Waals surface area contributed by atoms with Crippen LogP contribution in [0.1, 0.15) is 33.8 Å². The van der Waals surface area contributed by atoms with Crippen LogP contribution in [0.5, 0.6) is 0 Å². The summed E-state index contributed by atoms with van der Waals surface area (Å²) in [4.78, 5) is 29.5. The highest BCUT2D eigenvalue weighted by Gasteiger charge is 2.54. The van der Waals surface area contributed by atoms with Gasteiger partial charge in [0.25, 0.3) is 0 Å². The van der Waals surface area contributed by atoms with E-state index < -0.39 is 18.2 Å². The summed E-state index contributed by atoms with van der Waals surface area (Å²) in [6.45, 7) is 0. The number of piperidine rings is 1. The topological polar surface area (TPSA) is 96.8 Å². The molecule has 4 rings (SSSR count). The van der Waals surface area contributed by atoms with Crippen LogP contribution >= 0.6 is 0 Å². The number of rotatable bonds is 4. The first-order valence-corrected chi connectivity index (χ1v) is 9.02. The highest BCUT2D eigenvalue weighted by molar-refractivity contribution is 5.88. The van der Waals surface area contributed by atoms with Gasteiger partial charge in [-0.3, -0.25) is 4.90 Å². The maximum atomic E-state index is 12.4. The molecule has 4 heterocycles. The first-order chi connectivity index (χ1) is 13.0. The van der Waals surface area contributed by atoms with Gasteiger partial charge in [0.1, 0.15) is 29.7 Å². The second kappa shape index (κ2) is 6.86. The van der Waals surface area contributed by atoms with Crippen molar-refractivity contribution in [1.82, 2.24) is 14.5 Å². The number of carbonyl (C=O) groups excluding carboxylic acids is 2. The lowest BCUT2D eigenvalue weighted by Crippen LogP contribution is -2.46. The fourth-order valence-corrected chi connectivity index (χ4v) is 4.18. The first kappa shape index (κ1) is 17.8. The predicted molar refractivity (Wildman–Crippen MR) is 95.2 cm³/mol. The smallest absolute Gasteiger partial charge is 0.355 e. The molecule has 2 N–H and O–H groups in total. The molecule has 2 bridgehead atoms. The number of likely N-dealkylation sites (N-methyl/N-ethyl adjacent to an activating group) is 1. The van der Waals surface area contributed by atoms with Gasteiger partial charge in [-0.25, -0.2) is 9.59 Å². The molecule has 8 nitrogen and oxygen atoms in total. The molecule has 27 heavy (non-hydrogen) atoms. The van der Waals surface area contributed by atoms with Gasteiger partial charge in [0.05, 0.1) is 6.04 Å². The molecule has 5 unspecified atom stereocenters. The van der Waals surface area contributed by atoms with Crippen molar-refractivity contribution in [2.75, 3.05) is 7.05 Å². The van der Waals surface area contributed by atoms with Crippen molar-refractivity contribution in [2.45, 2.75) is 43.2 Å². The number of carbonyl (C=O) groups is 2. The van der Waals surface area contributed by atoms with E-state index in [0.717, 1.165) is 0 Å². The Morgan fingerprint density at radius 3 is 2.56 bits per heavy atom. The maximum Gasteiger partial charge on any atom is 0.355 e. The summed E-state index contributed by atoms with van der Waals surface area (Å²) in [5.74, 6) is -0.881. The fraction of sp³-hybridized carbons (Fsp3) is 0.474. The van der Waals surface area contributed by atoms with E-state index >= 15 is 0 Å². The largest absolute Gasteiger partial charge is 0.458 e. The normalized spacial score (nSPS) is 30.3. The van der Waals surface area contributed by atoms with Gasteiger partial charge < -0.3 is 24.1 Å². The quantitative estimate of drug-likeness (QED) is 0.775. The minimum atomic E-state index is -0.822. The third kappa shape index (κ3) is 3.15.